The molecule has 3 nitrogen and oxygen atoms in total. The number of thioether (sulfide) groups is 1. The summed E-state index contributed by atoms with van der Waals surface area (Å²) < 4.78 is 0. The van der Waals surface area contributed by atoms with Gasteiger partial charge in [-0.3, -0.25) is 9.78 Å². The predicted molar refractivity (Wildman–Crippen MR) is 94.0 cm³/mol. The number of likely N-dealkylation sites (N-methyl/N-ethyl adjacent to an activating group) is 1. The monoisotopic (exact) mass is 320 g/mol. The van der Waals surface area contributed by atoms with E-state index < -0.39 is 0 Å². The van der Waals surface area contributed by atoms with Crippen LogP contribution in [0.5, 0.6) is 0 Å². The predicted octanol–water partition coefficient (Wildman–Crippen LogP) is 4.18. The van der Waals surface area contributed by atoms with Gasteiger partial charge in [0.1, 0.15) is 10.6 Å². The fourth-order valence-corrected chi connectivity index (χ4v) is 4.59. The van der Waals surface area contributed by atoms with Gasteiger partial charge in [-0.25, -0.2) is 0 Å². The van der Waals surface area contributed by atoms with E-state index >= 15 is 0 Å². The van der Waals surface area contributed by atoms with Crippen LogP contribution in [0.2, 0.25) is 0 Å². The lowest BCUT2D eigenvalue weighted by molar-refractivity contribution is -0.128. The Hall–Kier alpha value is -2.33. The average molecular weight is 320 g/mol. The van der Waals surface area contributed by atoms with Crippen LogP contribution in [0.15, 0.2) is 67.0 Å². The molecule has 4 rings (SSSR count). The summed E-state index contributed by atoms with van der Waals surface area (Å²) in [5.74, 6) is 0.160. The zero-order chi connectivity index (χ0) is 15.8. The van der Waals surface area contributed by atoms with Gasteiger partial charge in [0, 0.05) is 19.4 Å². The Balaban J connectivity index is 1.76. The molecule has 1 fully saturated rings. The maximum absolute atomic E-state index is 12.8. The first-order valence-electron chi connectivity index (χ1n) is 7.55. The zero-order valence-corrected chi connectivity index (χ0v) is 13.5. The minimum Gasteiger partial charge on any atom is -0.328 e. The fraction of sp³-hybridized carbons (Fsp3) is 0.158. The van der Waals surface area contributed by atoms with Crippen LogP contribution in [0, 0.1) is 0 Å². The van der Waals surface area contributed by atoms with E-state index in [4.69, 9.17) is 0 Å². The summed E-state index contributed by atoms with van der Waals surface area (Å²) in [6.45, 7) is 0. The van der Waals surface area contributed by atoms with Gasteiger partial charge in [0.05, 0.1) is 0 Å². The molecule has 0 saturated carbocycles. The van der Waals surface area contributed by atoms with Crippen molar-refractivity contribution in [3.63, 3.8) is 0 Å². The maximum Gasteiger partial charge on any atom is 0.241 e. The largest absolute Gasteiger partial charge is 0.328 e. The first kappa shape index (κ1) is 14.3. The zero-order valence-electron chi connectivity index (χ0n) is 12.7. The molecule has 4 heteroatoms. The SMILES string of the molecule is CN1C(=O)C(c2cccc3ccccc23)SC1c1ccncc1. The smallest absolute Gasteiger partial charge is 0.241 e. The summed E-state index contributed by atoms with van der Waals surface area (Å²) in [4.78, 5) is 18.7. The second-order valence-corrected chi connectivity index (χ2v) is 6.86. The number of benzene rings is 2. The maximum atomic E-state index is 12.8. The Kier molecular flexibility index (Phi) is 3.54. The van der Waals surface area contributed by atoms with Gasteiger partial charge in [-0.2, -0.15) is 0 Å². The number of aromatic nitrogens is 1. The van der Waals surface area contributed by atoms with Gasteiger partial charge in [-0.1, -0.05) is 42.5 Å². The van der Waals surface area contributed by atoms with Crippen LogP contribution in [-0.2, 0) is 4.79 Å². The fourth-order valence-electron chi connectivity index (χ4n) is 3.09. The summed E-state index contributed by atoms with van der Waals surface area (Å²) in [7, 11) is 1.88. The van der Waals surface area contributed by atoms with Gasteiger partial charge in [0.2, 0.25) is 5.91 Å². The molecule has 1 aliphatic heterocycles. The number of nitrogens with zero attached hydrogens (tertiary/aromatic N) is 2. The van der Waals surface area contributed by atoms with Crippen molar-refractivity contribution in [1.29, 1.82) is 0 Å². The molecule has 1 amide bonds. The Morgan fingerprint density at radius 2 is 1.74 bits per heavy atom. The molecule has 114 valence electrons. The molecule has 2 heterocycles. The molecule has 1 aliphatic rings. The summed E-state index contributed by atoms with van der Waals surface area (Å²) in [6, 6.07) is 18.4. The molecule has 0 spiro atoms. The molecule has 23 heavy (non-hydrogen) atoms. The number of rotatable bonds is 2. The first-order chi connectivity index (χ1) is 11.3. The van der Waals surface area contributed by atoms with Gasteiger partial charge >= 0.3 is 0 Å². The van der Waals surface area contributed by atoms with Crippen molar-refractivity contribution in [2.45, 2.75) is 10.6 Å². The van der Waals surface area contributed by atoms with E-state index in [1.165, 1.54) is 5.39 Å². The highest BCUT2D eigenvalue weighted by Crippen LogP contribution is 2.50. The van der Waals surface area contributed by atoms with E-state index in [0.717, 1.165) is 16.5 Å². The van der Waals surface area contributed by atoms with Crippen LogP contribution in [0.4, 0.5) is 0 Å². The highest BCUT2D eigenvalue weighted by atomic mass is 32.2. The average Bonchev–Trinajstić information content (AvgIpc) is 2.91. The normalized spacial score (nSPS) is 21.1. The minimum absolute atomic E-state index is 0.0365. The van der Waals surface area contributed by atoms with Crippen molar-refractivity contribution < 1.29 is 4.79 Å². The quantitative estimate of drug-likeness (QED) is 0.710. The number of carbonyl (C=O) groups excluding carboxylic acids is 1. The highest BCUT2D eigenvalue weighted by Gasteiger charge is 2.40. The number of carbonyl (C=O) groups is 1. The van der Waals surface area contributed by atoms with Crippen molar-refractivity contribution in [3.05, 3.63) is 78.1 Å². The van der Waals surface area contributed by atoms with E-state index in [2.05, 4.69) is 29.2 Å². The van der Waals surface area contributed by atoms with Gasteiger partial charge in [-0.05, 0) is 34.0 Å². The second-order valence-electron chi connectivity index (χ2n) is 5.67. The van der Waals surface area contributed by atoms with Crippen LogP contribution in [-0.4, -0.2) is 22.8 Å². The van der Waals surface area contributed by atoms with Crippen LogP contribution >= 0.6 is 11.8 Å². The minimum atomic E-state index is -0.163. The number of hydrogen-bond donors (Lipinski definition) is 0. The summed E-state index contributed by atoms with van der Waals surface area (Å²) in [6.07, 6.45) is 3.55. The number of fused-ring (bicyclic) bond motifs is 1. The van der Waals surface area contributed by atoms with Gasteiger partial charge in [0.15, 0.2) is 0 Å². The van der Waals surface area contributed by atoms with Crippen molar-refractivity contribution in [3.8, 4) is 0 Å². The summed E-state index contributed by atoms with van der Waals surface area (Å²) in [5.41, 5.74) is 2.21. The lowest BCUT2D eigenvalue weighted by atomic mass is 10.0. The first-order valence-corrected chi connectivity index (χ1v) is 8.50. The molecule has 0 aliphatic carbocycles. The molecule has 2 atom stereocenters. The van der Waals surface area contributed by atoms with E-state index in [0.29, 0.717) is 0 Å². The van der Waals surface area contributed by atoms with Crippen LogP contribution in [0.3, 0.4) is 0 Å². The Bertz CT molecular complexity index is 860. The molecule has 1 saturated heterocycles. The van der Waals surface area contributed by atoms with E-state index in [9.17, 15) is 4.79 Å². The third kappa shape index (κ3) is 2.39. The van der Waals surface area contributed by atoms with Crippen molar-refractivity contribution in [1.82, 2.24) is 9.88 Å². The molecule has 2 unspecified atom stereocenters. The van der Waals surface area contributed by atoms with E-state index in [1.807, 2.05) is 42.3 Å². The molecular weight excluding hydrogens is 304 g/mol. The number of hydrogen-bond acceptors (Lipinski definition) is 3. The molecule has 0 radical (unpaired) electrons. The summed E-state index contributed by atoms with van der Waals surface area (Å²) in [5, 5.41) is 2.21. The Labute approximate surface area is 139 Å². The van der Waals surface area contributed by atoms with Crippen LogP contribution in [0.1, 0.15) is 21.8 Å². The summed E-state index contributed by atoms with van der Waals surface area (Å²) >= 11 is 1.70. The molecule has 0 bridgehead atoms. The highest BCUT2D eigenvalue weighted by molar-refractivity contribution is 8.00. The third-order valence-corrected chi connectivity index (χ3v) is 5.86. The van der Waals surface area contributed by atoms with Gasteiger partial charge in [-0.15, -0.1) is 11.8 Å². The Morgan fingerprint density at radius 1 is 1.00 bits per heavy atom. The lowest BCUT2D eigenvalue weighted by Crippen LogP contribution is -2.24. The van der Waals surface area contributed by atoms with Crippen molar-refractivity contribution >= 4 is 28.4 Å². The lowest BCUT2D eigenvalue weighted by Gasteiger charge is -2.18. The molecular formula is C19H16N2OS. The molecule has 2 aromatic carbocycles. The van der Waals surface area contributed by atoms with E-state index in [-0.39, 0.29) is 16.5 Å². The number of pyridine rings is 1. The van der Waals surface area contributed by atoms with Crippen LogP contribution in [0.25, 0.3) is 10.8 Å². The van der Waals surface area contributed by atoms with Gasteiger partial charge < -0.3 is 4.90 Å². The topological polar surface area (TPSA) is 33.2 Å². The third-order valence-electron chi connectivity index (χ3n) is 4.29. The van der Waals surface area contributed by atoms with Crippen molar-refractivity contribution in [2.24, 2.45) is 0 Å². The van der Waals surface area contributed by atoms with Gasteiger partial charge in [0.25, 0.3) is 0 Å². The van der Waals surface area contributed by atoms with E-state index in [1.54, 1.807) is 24.2 Å². The standard InChI is InChI=1S/C19H16N2OS/c1-21-18(22)17(23-19(21)14-9-11-20-12-10-14)16-8-4-6-13-5-2-3-7-15(13)16/h2-12,17,19H,1H3. The molecule has 0 N–H and O–H groups in total. The molecule has 1 aromatic heterocycles. The number of amides is 1. The molecule has 3 aromatic rings. The van der Waals surface area contributed by atoms with Crippen molar-refractivity contribution in [2.75, 3.05) is 7.05 Å². The second kappa shape index (κ2) is 5.70. The Morgan fingerprint density at radius 3 is 2.57 bits per heavy atom. The van der Waals surface area contributed by atoms with Crippen LogP contribution < -0.4 is 0 Å².